The number of hydrogen-bond donors (Lipinski definition) is 0. The standard InChI is InChI=1S/C26H26BrN5O2/c1-18-6-8-19(9-7-18)24-21(32-12-4-3-5-22(32)28-24)17-30-13-15-31(16-14-30)26(33)25-20(27)10-11-23(29-25)34-2/h3-12H,13-17H2,1-2H3. The number of benzene rings is 1. The van der Waals surface area contributed by atoms with Gasteiger partial charge in [0.15, 0.2) is 0 Å². The SMILES string of the molecule is COc1ccc(Br)c(C(=O)N2CCN(Cc3c(-c4ccc(C)cc4)nc4ccccn34)CC2)n1. The first-order chi connectivity index (χ1) is 16.5. The maximum absolute atomic E-state index is 13.1. The molecule has 0 saturated carbocycles. The Bertz CT molecular complexity index is 1330. The number of nitrogens with zero attached hydrogens (tertiary/aromatic N) is 5. The van der Waals surface area contributed by atoms with E-state index in [1.165, 1.54) is 5.56 Å². The van der Waals surface area contributed by atoms with Crippen LogP contribution in [0.15, 0.2) is 65.3 Å². The van der Waals surface area contributed by atoms with Crippen LogP contribution in [0.25, 0.3) is 16.9 Å². The van der Waals surface area contributed by atoms with Crippen LogP contribution in [-0.4, -0.2) is 63.4 Å². The minimum atomic E-state index is -0.0828. The zero-order valence-electron chi connectivity index (χ0n) is 19.2. The number of pyridine rings is 2. The second kappa shape index (κ2) is 9.56. The zero-order valence-corrected chi connectivity index (χ0v) is 20.8. The van der Waals surface area contributed by atoms with Crippen molar-refractivity contribution in [2.45, 2.75) is 13.5 Å². The Kier molecular flexibility index (Phi) is 6.34. The minimum absolute atomic E-state index is 0.0828. The van der Waals surface area contributed by atoms with Crippen LogP contribution in [-0.2, 0) is 6.54 Å². The van der Waals surface area contributed by atoms with E-state index in [0.29, 0.717) is 29.1 Å². The highest BCUT2D eigenvalue weighted by Crippen LogP contribution is 2.27. The summed E-state index contributed by atoms with van der Waals surface area (Å²) in [6.07, 6.45) is 2.07. The topological polar surface area (TPSA) is 63.0 Å². The molecular weight excluding hydrogens is 494 g/mol. The van der Waals surface area contributed by atoms with E-state index in [0.717, 1.165) is 42.2 Å². The Hall–Kier alpha value is -3.23. The van der Waals surface area contributed by atoms with E-state index in [1.54, 1.807) is 19.2 Å². The number of imidazole rings is 1. The highest BCUT2D eigenvalue weighted by molar-refractivity contribution is 9.10. The third kappa shape index (κ3) is 4.43. The first kappa shape index (κ1) is 22.6. The molecule has 4 aromatic rings. The van der Waals surface area contributed by atoms with Crippen molar-refractivity contribution in [3.05, 3.63) is 82.2 Å². The van der Waals surface area contributed by atoms with Crippen molar-refractivity contribution in [2.24, 2.45) is 0 Å². The molecule has 1 saturated heterocycles. The van der Waals surface area contributed by atoms with Crippen LogP contribution in [0, 0.1) is 6.92 Å². The quantitative estimate of drug-likeness (QED) is 0.390. The Balaban J connectivity index is 1.34. The molecule has 4 heterocycles. The van der Waals surface area contributed by atoms with E-state index in [-0.39, 0.29) is 5.91 Å². The van der Waals surface area contributed by atoms with Gasteiger partial charge in [-0.3, -0.25) is 9.69 Å². The molecule has 1 aliphatic rings. The average molecular weight is 520 g/mol. The number of methoxy groups -OCH3 is 1. The fraction of sp³-hybridized carbons (Fsp3) is 0.269. The Morgan fingerprint density at radius 1 is 1.00 bits per heavy atom. The van der Waals surface area contributed by atoms with Crippen LogP contribution in [0.2, 0.25) is 0 Å². The molecule has 7 nitrogen and oxygen atoms in total. The van der Waals surface area contributed by atoms with Gasteiger partial charge >= 0.3 is 0 Å². The Labute approximate surface area is 207 Å². The van der Waals surface area contributed by atoms with E-state index < -0.39 is 0 Å². The largest absolute Gasteiger partial charge is 0.481 e. The fourth-order valence-corrected chi connectivity index (χ4v) is 4.69. The van der Waals surface area contributed by atoms with Gasteiger partial charge in [-0.2, -0.15) is 0 Å². The van der Waals surface area contributed by atoms with E-state index in [4.69, 9.17) is 9.72 Å². The summed E-state index contributed by atoms with van der Waals surface area (Å²) >= 11 is 3.45. The van der Waals surface area contributed by atoms with Gasteiger partial charge in [-0.25, -0.2) is 9.97 Å². The number of piperazine rings is 1. The van der Waals surface area contributed by atoms with Gasteiger partial charge in [0.1, 0.15) is 11.3 Å². The van der Waals surface area contributed by atoms with Crippen LogP contribution < -0.4 is 4.74 Å². The smallest absolute Gasteiger partial charge is 0.273 e. The lowest BCUT2D eigenvalue weighted by atomic mass is 10.1. The third-order valence-corrected chi connectivity index (χ3v) is 6.86. The number of ether oxygens (including phenoxy) is 1. The minimum Gasteiger partial charge on any atom is -0.481 e. The van der Waals surface area contributed by atoms with Gasteiger partial charge in [0.05, 0.1) is 18.5 Å². The highest BCUT2D eigenvalue weighted by atomic mass is 79.9. The van der Waals surface area contributed by atoms with Crippen LogP contribution in [0.5, 0.6) is 5.88 Å². The molecule has 0 bridgehead atoms. The molecule has 3 aromatic heterocycles. The van der Waals surface area contributed by atoms with Gasteiger partial charge in [-0.1, -0.05) is 35.9 Å². The summed E-state index contributed by atoms with van der Waals surface area (Å²) in [5.74, 6) is 0.349. The molecule has 0 atom stereocenters. The molecule has 0 N–H and O–H groups in total. The van der Waals surface area contributed by atoms with Crippen molar-refractivity contribution in [3.8, 4) is 17.1 Å². The lowest BCUT2D eigenvalue weighted by Gasteiger charge is -2.34. The highest BCUT2D eigenvalue weighted by Gasteiger charge is 2.26. The van der Waals surface area contributed by atoms with E-state index in [2.05, 4.69) is 67.6 Å². The molecule has 0 aliphatic carbocycles. The number of fused-ring (bicyclic) bond motifs is 1. The summed E-state index contributed by atoms with van der Waals surface area (Å²) in [7, 11) is 1.55. The second-order valence-electron chi connectivity index (χ2n) is 8.45. The lowest BCUT2D eigenvalue weighted by Crippen LogP contribution is -2.48. The Morgan fingerprint density at radius 2 is 1.76 bits per heavy atom. The summed E-state index contributed by atoms with van der Waals surface area (Å²) in [6.45, 7) is 5.69. The number of halogens is 1. The predicted molar refractivity (Wildman–Crippen MR) is 135 cm³/mol. The second-order valence-corrected chi connectivity index (χ2v) is 9.31. The van der Waals surface area contributed by atoms with Crippen molar-refractivity contribution in [2.75, 3.05) is 33.3 Å². The summed E-state index contributed by atoms with van der Waals surface area (Å²) < 4.78 is 8.04. The predicted octanol–water partition coefficient (Wildman–Crippen LogP) is 4.43. The van der Waals surface area contributed by atoms with Crippen molar-refractivity contribution >= 4 is 27.5 Å². The van der Waals surface area contributed by atoms with Crippen molar-refractivity contribution in [1.29, 1.82) is 0 Å². The normalized spacial score (nSPS) is 14.5. The molecule has 1 aromatic carbocycles. The van der Waals surface area contributed by atoms with E-state index >= 15 is 0 Å². The average Bonchev–Trinajstić information content (AvgIpc) is 3.23. The number of aryl methyl sites for hydroxylation is 1. The van der Waals surface area contributed by atoms with E-state index in [1.807, 2.05) is 23.1 Å². The van der Waals surface area contributed by atoms with Gasteiger partial charge in [-0.15, -0.1) is 0 Å². The van der Waals surface area contributed by atoms with Crippen LogP contribution in [0.1, 0.15) is 21.7 Å². The number of carbonyl (C=O) groups excluding carboxylic acids is 1. The van der Waals surface area contributed by atoms with E-state index in [9.17, 15) is 4.79 Å². The first-order valence-corrected chi connectivity index (χ1v) is 12.1. The van der Waals surface area contributed by atoms with Gasteiger partial charge in [-0.05, 0) is 41.1 Å². The third-order valence-electron chi connectivity index (χ3n) is 6.22. The monoisotopic (exact) mass is 519 g/mol. The summed E-state index contributed by atoms with van der Waals surface area (Å²) in [5.41, 5.74) is 5.84. The molecule has 174 valence electrons. The summed E-state index contributed by atoms with van der Waals surface area (Å²) in [5, 5.41) is 0. The number of amides is 1. The van der Waals surface area contributed by atoms with Crippen molar-refractivity contribution in [1.82, 2.24) is 24.2 Å². The molecule has 0 unspecified atom stereocenters. The maximum Gasteiger partial charge on any atom is 0.273 e. The van der Waals surface area contributed by atoms with Crippen LogP contribution in [0.4, 0.5) is 0 Å². The zero-order chi connectivity index (χ0) is 23.7. The number of carbonyl (C=O) groups is 1. The van der Waals surface area contributed by atoms with Gasteiger partial charge in [0.2, 0.25) is 5.88 Å². The molecule has 1 fully saturated rings. The van der Waals surface area contributed by atoms with Gasteiger partial charge < -0.3 is 14.0 Å². The molecule has 0 spiro atoms. The fourth-order valence-electron chi connectivity index (χ4n) is 4.30. The summed E-state index contributed by atoms with van der Waals surface area (Å²) in [6, 6.07) is 18.1. The molecule has 34 heavy (non-hydrogen) atoms. The van der Waals surface area contributed by atoms with Crippen LogP contribution in [0.3, 0.4) is 0 Å². The van der Waals surface area contributed by atoms with Crippen molar-refractivity contribution < 1.29 is 9.53 Å². The maximum atomic E-state index is 13.1. The Morgan fingerprint density at radius 3 is 2.50 bits per heavy atom. The molecular formula is C26H26BrN5O2. The molecule has 8 heteroatoms. The molecule has 1 aliphatic heterocycles. The summed E-state index contributed by atoms with van der Waals surface area (Å²) in [4.78, 5) is 26.6. The molecule has 5 rings (SSSR count). The van der Waals surface area contributed by atoms with Crippen LogP contribution >= 0.6 is 15.9 Å². The number of rotatable bonds is 5. The number of hydrogen-bond acceptors (Lipinski definition) is 5. The molecule has 0 radical (unpaired) electrons. The van der Waals surface area contributed by atoms with Gasteiger partial charge in [0.25, 0.3) is 5.91 Å². The van der Waals surface area contributed by atoms with Gasteiger partial charge in [0, 0.05) is 55.0 Å². The molecule has 1 amide bonds. The number of aromatic nitrogens is 3. The first-order valence-electron chi connectivity index (χ1n) is 11.3. The van der Waals surface area contributed by atoms with Crippen molar-refractivity contribution in [3.63, 3.8) is 0 Å². The lowest BCUT2D eigenvalue weighted by molar-refractivity contribution is 0.0619.